The third kappa shape index (κ3) is 2.90. The SMILES string of the molecule is CCC1c2ccsc2CCN1S(=O)(=O)c1c[nH]c(C(=O)N2CCCC2)c1. The van der Waals surface area contributed by atoms with E-state index in [0.717, 1.165) is 44.3 Å². The number of aromatic nitrogens is 1. The van der Waals surface area contributed by atoms with Gasteiger partial charge >= 0.3 is 0 Å². The van der Waals surface area contributed by atoms with Gasteiger partial charge in [-0.1, -0.05) is 6.92 Å². The lowest BCUT2D eigenvalue weighted by Crippen LogP contribution is -2.39. The quantitative estimate of drug-likeness (QED) is 0.868. The van der Waals surface area contributed by atoms with E-state index in [0.29, 0.717) is 12.2 Å². The van der Waals surface area contributed by atoms with Gasteiger partial charge < -0.3 is 9.88 Å². The number of nitrogens with zero attached hydrogens (tertiary/aromatic N) is 2. The van der Waals surface area contributed by atoms with Crippen LogP contribution in [-0.2, 0) is 16.4 Å². The summed E-state index contributed by atoms with van der Waals surface area (Å²) in [5.74, 6) is -0.116. The van der Waals surface area contributed by atoms with Crippen LogP contribution in [-0.4, -0.2) is 48.1 Å². The summed E-state index contributed by atoms with van der Waals surface area (Å²) in [7, 11) is -3.64. The summed E-state index contributed by atoms with van der Waals surface area (Å²) in [6.07, 6.45) is 4.94. The standard InChI is InChI=1S/C18H23N3O3S2/c1-2-16-14-6-10-25-17(14)5-9-21(16)26(23,24)13-11-15(19-12-13)18(22)20-7-3-4-8-20/h6,10-12,16,19H,2-5,7-9H2,1H3. The Bertz CT molecular complexity index is 910. The number of hydrogen-bond donors (Lipinski definition) is 1. The highest BCUT2D eigenvalue weighted by Gasteiger charge is 2.37. The summed E-state index contributed by atoms with van der Waals surface area (Å²) in [4.78, 5) is 18.6. The average Bonchev–Trinajstić information content (AvgIpc) is 3.41. The number of rotatable bonds is 4. The molecule has 0 aliphatic carbocycles. The maximum absolute atomic E-state index is 13.2. The molecular weight excluding hydrogens is 370 g/mol. The molecule has 4 rings (SSSR count). The first-order chi connectivity index (χ1) is 12.5. The summed E-state index contributed by atoms with van der Waals surface area (Å²) in [6.45, 7) is 3.98. The van der Waals surface area contributed by atoms with Crippen molar-refractivity contribution in [3.8, 4) is 0 Å². The van der Waals surface area contributed by atoms with E-state index >= 15 is 0 Å². The normalized spacial score (nSPS) is 21.1. The number of thiophene rings is 1. The number of H-pyrrole nitrogens is 1. The maximum Gasteiger partial charge on any atom is 0.270 e. The van der Waals surface area contributed by atoms with Crippen LogP contribution in [0.25, 0.3) is 0 Å². The zero-order valence-electron chi connectivity index (χ0n) is 14.8. The Labute approximate surface area is 157 Å². The number of sulfonamides is 1. The van der Waals surface area contributed by atoms with Crippen LogP contribution >= 0.6 is 11.3 Å². The van der Waals surface area contributed by atoms with Crippen LogP contribution in [0, 0.1) is 0 Å². The van der Waals surface area contributed by atoms with Crippen molar-refractivity contribution < 1.29 is 13.2 Å². The fourth-order valence-corrected chi connectivity index (χ4v) is 6.56. The summed E-state index contributed by atoms with van der Waals surface area (Å²) in [5, 5.41) is 2.03. The number of likely N-dealkylation sites (tertiary alicyclic amines) is 1. The summed E-state index contributed by atoms with van der Waals surface area (Å²) in [6, 6.07) is 3.39. The van der Waals surface area contributed by atoms with Gasteiger partial charge in [0.25, 0.3) is 5.91 Å². The highest BCUT2D eigenvalue weighted by atomic mass is 32.2. The molecule has 1 saturated heterocycles. The molecule has 2 aliphatic heterocycles. The maximum atomic E-state index is 13.2. The van der Waals surface area contributed by atoms with Gasteiger partial charge in [-0.05, 0) is 48.8 Å². The van der Waals surface area contributed by atoms with E-state index in [1.165, 1.54) is 17.1 Å². The molecule has 1 atom stereocenters. The van der Waals surface area contributed by atoms with E-state index in [4.69, 9.17) is 0 Å². The van der Waals surface area contributed by atoms with Gasteiger partial charge in [-0.15, -0.1) is 11.3 Å². The fourth-order valence-electron chi connectivity index (χ4n) is 3.96. The van der Waals surface area contributed by atoms with Crippen molar-refractivity contribution in [3.63, 3.8) is 0 Å². The molecule has 1 fully saturated rings. The van der Waals surface area contributed by atoms with E-state index < -0.39 is 10.0 Å². The van der Waals surface area contributed by atoms with Crippen molar-refractivity contribution in [1.29, 1.82) is 0 Å². The second-order valence-electron chi connectivity index (χ2n) is 6.84. The van der Waals surface area contributed by atoms with E-state index in [2.05, 4.69) is 4.98 Å². The van der Waals surface area contributed by atoms with Crippen molar-refractivity contribution >= 4 is 27.3 Å². The Morgan fingerprint density at radius 2 is 2.08 bits per heavy atom. The molecule has 4 heterocycles. The minimum Gasteiger partial charge on any atom is -0.356 e. The minimum atomic E-state index is -3.64. The number of nitrogens with one attached hydrogen (secondary N) is 1. The van der Waals surface area contributed by atoms with Gasteiger partial charge in [0.05, 0.1) is 6.04 Å². The monoisotopic (exact) mass is 393 g/mol. The number of carbonyl (C=O) groups excluding carboxylic acids is 1. The lowest BCUT2D eigenvalue weighted by atomic mass is 10.0. The Hall–Kier alpha value is -1.64. The van der Waals surface area contributed by atoms with Crippen LogP contribution in [0.3, 0.4) is 0 Å². The predicted molar refractivity (Wildman–Crippen MR) is 101 cm³/mol. The van der Waals surface area contributed by atoms with Gasteiger partial charge in [0.1, 0.15) is 10.6 Å². The number of amides is 1. The first-order valence-corrected chi connectivity index (χ1v) is 11.4. The molecule has 140 valence electrons. The molecule has 0 aromatic carbocycles. The van der Waals surface area contributed by atoms with Gasteiger partial charge in [-0.3, -0.25) is 4.79 Å². The Kier molecular flexibility index (Phi) is 4.66. The molecule has 1 N–H and O–H groups in total. The number of hydrogen-bond acceptors (Lipinski definition) is 4. The summed E-state index contributed by atoms with van der Waals surface area (Å²) < 4.78 is 28.1. The third-order valence-electron chi connectivity index (χ3n) is 5.32. The van der Waals surface area contributed by atoms with Crippen molar-refractivity contribution in [2.45, 2.75) is 43.5 Å². The smallest absolute Gasteiger partial charge is 0.270 e. The molecule has 26 heavy (non-hydrogen) atoms. The van der Waals surface area contributed by atoms with Crippen LogP contribution in [0.4, 0.5) is 0 Å². The molecule has 6 nitrogen and oxygen atoms in total. The zero-order chi connectivity index (χ0) is 18.3. The molecule has 2 aromatic rings. The van der Waals surface area contributed by atoms with Crippen LogP contribution in [0.5, 0.6) is 0 Å². The highest BCUT2D eigenvalue weighted by molar-refractivity contribution is 7.89. The molecule has 2 aromatic heterocycles. The predicted octanol–water partition coefficient (Wildman–Crippen LogP) is 3.01. The van der Waals surface area contributed by atoms with E-state index in [1.54, 1.807) is 20.5 Å². The third-order valence-corrected chi connectivity index (χ3v) is 8.20. The molecule has 0 spiro atoms. The largest absolute Gasteiger partial charge is 0.356 e. The topological polar surface area (TPSA) is 73.5 Å². The summed E-state index contributed by atoms with van der Waals surface area (Å²) >= 11 is 1.70. The van der Waals surface area contributed by atoms with Crippen molar-refractivity contribution in [2.24, 2.45) is 0 Å². The molecule has 2 aliphatic rings. The molecular formula is C18H23N3O3S2. The zero-order valence-corrected chi connectivity index (χ0v) is 16.4. The molecule has 0 radical (unpaired) electrons. The van der Waals surface area contributed by atoms with E-state index in [9.17, 15) is 13.2 Å². The second-order valence-corrected chi connectivity index (χ2v) is 9.73. The van der Waals surface area contributed by atoms with E-state index in [-0.39, 0.29) is 16.8 Å². The minimum absolute atomic E-state index is 0.116. The van der Waals surface area contributed by atoms with Crippen LogP contribution in [0.1, 0.15) is 53.2 Å². The summed E-state index contributed by atoms with van der Waals surface area (Å²) in [5.41, 5.74) is 1.47. The van der Waals surface area contributed by atoms with Crippen molar-refractivity contribution in [3.05, 3.63) is 39.8 Å². The lowest BCUT2D eigenvalue weighted by Gasteiger charge is -2.34. The second kappa shape index (κ2) is 6.83. The van der Waals surface area contributed by atoms with Crippen LogP contribution in [0.2, 0.25) is 0 Å². The first-order valence-electron chi connectivity index (χ1n) is 9.08. The average molecular weight is 394 g/mol. The number of carbonyl (C=O) groups is 1. The Balaban J connectivity index is 1.62. The molecule has 0 bridgehead atoms. The molecule has 1 amide bonds. The van der Waals surface area contributed by atoms with Gasteiger partial charge in [-0.25, -0.2) is 8.42 Å². The highest BCUT2D eigenvalue weighted by Crippen LogP contribution is 2.38. The van der Waals surface area contributed by atoms with Gasteiger partial charge in [-0.2, -0.15) is 4.31 Å². The van der Waals surface area contributed by atoms with Gasteiger partial charge in [0.2, 0.25) is 10.0 Å². The van der Waals surface area contributed by atoms with Crippen molar-refractivity contribution in [1.82, 2.24) is 14.2 Å². The lowest BCUT2D eigenvalue weighted by molar-refractivity contribution is 0.0787. The molecule has 0 saturated carbocycles. The Morgan fingerprint density at radius 3 is 2.81 bits per heavy atom. The van der Waals surface area contributed by atoms with Crippen LogP contribution in [0.15, 0.2) is 28.6 Å². The Morgan fingerprint density at radius 1 is 1.31 bits per heavy atom. The van der Waals surface area contributed by atoms with Crippen LogP contribution < -0.4 is 0 Å². The van der Waals surface area contributed by atoms with Crippen molar-refractivity contribution in [2.75, 3.05) is 19.6 Å². The first kappa shape index (κ1) is 17.8. The fraction of sp³-hybridized carbons (Fsp3) is 0.500. The number of aromatic amines is 1. The molecule has 8 heteroatoms. The number of fused-ring (bicyclic) bond motifs is 1. The molecule has 1 unspecified atom stereocenters. The van der Waals surface area contributed by atoms with E-state index in [1.807, 2.05) is 18.4 Å². The van der Waals surface area contributed by atoms with Gasteiger partial charge in [0, 0.05) is 30.7 Å². The van der Waals surface area contributed by atoms with Gasteiger partial charge in [0.15, 0.2) is 0 Å².